The molecule has 0 bridgehead atoms. The predicted octanol–water partition coefficient (Wildman–Crippen LogP) is 9.20. The first-order valence-electron chi connectivity index (χ1n) is 13.9. The quantitative estimate of drug-likeness (QED) is 0.228. The molecule has 0 atom stereocenters. The van der Waals surface area contributed by atoms with Crippen LogP contribution in [-0.2, 0) is 0 Å². The van der Waals surface area contributed by atoms with Crippen molar-refractivity contribution in [3.8, 4) is 39.3 Å². The Hall–Kier alpha value is -5.09. The second-order valence-corrected chi connectivity index (χ2v) is 11.0. The highest BCUT2D eigenvalue weighted by Gasteiger charge is 2.18. The number of aryl methyl sites for hydroxylation is 4. The van der Waals surface area contributed by atoms with Crippen LogP contribution in [-0.4, -0.2) is 19.5 Å². The van der Waals surface area contributed by atoms with Gasteiger partial charge in [0.05, 0.1) is 16.7 Å². The van der Waals surface area contributed by atoms with Crippen molar-refractivity contribution in [3.05, 3.63) is 132 Å². The molecule has 0 fully saturated rings. The molecule has 41 heavy (non-hydrogen) atoms. The highest BCUT2D eigenvalue weighted by atomic mass is 15.0. The topological polar surface area (TPSA) is 43.6 Å². The van der Waals surface area contributed by atoms with Crippen LogP contribution in [0.25, 0.3) is 61.1 Å². The molecule has 4 heteroatoms. The normalized spacial score (nSPS) is 11.4. The lowest BCUT2D eigenvalue weighted by Crippen LogP contribution is -1.99. The van der Waals surface area contributed by atoms with Gasteiger partial charge in [-0.05, 0) is 86.3 Å². The maximum absolute atomic E-state index is 4.48. The summed E-state index contributed by atoms with van der Waals surface area (Å²) in [5.74, 6) is 0.657. The molecular weight excluding hydrogens is 500 g/mol. The molecule has 5 aromatic carbocycles. The first kappa shape index (κ1) is 24.9. The molecule has 4 nitrogen and oxygen atoms in total. The molecule has 0 aliphatic carbocycles. The summed E-state index contributed by atoms with van der Waals surface area (Å²) >= 11 is 0. The molecule has 7 aromatic rings. The standard InChI is InChI=1S/C37H30N4/c1-23-13-24(2)16-29(15-23)27-9-11-35-32(19-27)33-20-28(30-17-25(3)14-26(4)18-30)10-12-36(33)41(35)34-8-6-5-7-31(34)37-39-21-38-22-40-37/h5-22H,1-4H3. The molecule has 0 spiro atoms. The van der Waals surface area contributed by atoms with Gasteiger partial charge in [-0.15, -0.1) is 0 Å². The van der Waals surface area contributed by atoms with Crippen LogP contribution in [0, 0.1) is 27.7 Å². The van der Waals surface area contributed by atoms with Crippen LogP contribution in [0.1, 0.15) is 22.3 Å². The number of hydrogen-bond acceptors (Lipinski definition) is 3. The molecule has 0 N–H and O–H groups in total. The minimum absolute atomic E-state index is 0.657. The number of aromatic nitrogens is 4. The van der Waals surface area contributed by atoms with E-state index in [2.05, 4.69) is 138 Å². The number of hydrogen-bond donors (Lipinski definition) is 0. The highest BCUT2D eigenvalue weighted by Crippen LogP contribution is 2.39. The van der Waals surface area contributed by atoms with Crippen molar-refractivity contribution in [2.24, 2.45) is 0 Å². The number of nitrogens with zero attached hydrogens (tertiary/aromatic N) is 4. The van der Waals surface area contributed by atoms with Crippen molar-refractivity contribution in [1.82, 2.24) is 19.5 Å². The number of fused-ring (bicyclic) bond motifs is 3. The van der Waals surface area contributed by atoms with Gasteiger partial charge < -0.3 is 4.57 Å². The van der Waals surface area contributed by atoms with Crippen molar-refractivity contribution < 1.29 is 0 Å². The van der Waals surface area contributed by atoms with E-state index in [0.29, 0.717) is 5.82 Å². The molecule has 2 aromatic heterocycles. The van der Waals surface area contributed by atoms with Crippen LogP contribution >= 0.6 is 0 Å². The van der Waals surface area contributed by atoms with Crippen LogP contribution in [0.3, 0.4) is 0 Å². The smallest absolute Gasteiger partial charge is 0.164 e. The van der Waals surface area contributed by atoms with Crippen molar-refractivity contribution in [2.45, 2.75) is 27.7 Å². The van der Waals surface area contributed by atoms with Crippen molar-refractivity contribution in [3.63, 3.8) is 0 Å². The molecule has 2 heterocycles. The van der Waals surface area contributed by atoms with Gasteiger partial charge >= 0.3 is 0 Å². The Kier molecular flexibility index (Phi) is 5.97. The molecule has 0 unspecified atom stereocenters. The molecular formula is C37H30N4. The van der Waals surface area contributed by atoms with E-state index in [1.165, 1.54) is 55.3 Å². The Morgan fingerprint density at radius 1 is 0.488 bits per heavy atom. The average molecular weight is 531 g/mol. The van der Waals surface area contributed by atoms with E-state index in [1.807, 2.05) is 6.07 Å². The van der Waals surface area contributed by atoms with E-state index in [1.54, 1.807) is 12.7 Å². The molecule has 198 valence electrons. The van der Waals surface area contributed by atoms with Crippen LogP contribution in [0.2, 0.25) is 0 Å². The van der Waals surface area contributed by atoms with Gasteiger partial charge in [-0.3, -0.25) is 0 Å². The van der Waals surface area contributed by atoms with Crippen LogP contribution in [0.5, 0.6) is 0 Å². The fraction of sp³-hybridized carbons (Fsp3) is 0.108. The van der Waals surface area contributed by atoms with Crippen LogP contribution < -0.4 is 0 Å². The highest BCUT2D eigenvalue weighted by molar-refractivity contribution is 6.12. The van der Waals surface area contributed by atoms with E-state index in [4.69, 9.17) is 0 Å². The Labute approximate surface area is 240 Å². The zero-order valence-corrected chi connectivity index (χ0v) is 23.7. The number of benzene rings is 5. The second kappa shape index (κ2) is 9.83. The van der Waals surface area contributed by atoms with Gasteiger partial charge in [0.1, 0.15) is 12.7 Å². The van der Waals surface area contributed by atoms with E-state index >= 15 is 0 Å². The summed E-state index contributed by atoms with van der Waals surface area (Å²) in [4.78, 5) is 13.0. The summed E-state index contributed by atoms with van der Waals surface area (Å²) in [7, 11) is 0. The van der Waals surface area contributed by atoms with Crippen molar-refractivity contribution in [1.29, 1.82) is 0 Å². The summed E-state index contributed by atoms with van der Waals surface area (Å²) < 4.78 is 2.35. The minimum atomic E-state index is 0.657. The van der Waals surface area contributed by atoms with Gasteiger partial charge in [0.25, 0.3) is 0 Å². The van der Waals surface area contributed by atoms with Gasteiger partial charge in [-0.1, -0.05) is 82.9 Å². The third kappa shape index (κ3) is 4.48. The second-order valence-electron chi connectivity index (χ2n) is 11.0. The first-order valence-corrected chi connectivity index (χ1v) is 13.9. The van der Waals surface area contributed by atoms with E-state index in [9.17, 15) is 0 Å². The van der Waals surface area contributed by atoms with Crippen molar-refractivity contribution in [2.75, 3.05) is 0 Å². The fourth-order valence-corrected chi connectivity index (χ4v) is 6.16. The van der Waals surface area contributed by atoms with Gasteiger partial charge in [0.15, 0.2) is 5.82 Å². The number of rotatable bonds is 4. The zero-order valence-electron chi connectivity index (χ0n) is 23.7. The lowest BCUT2D eigenvalue weighted by atomic mass is 9.97. The summed E-state index contributed by atoms with van der Waals surface area (Å²) in [6.45, 7) is 8.65. The zero-order chi connectivity index (χ0) is 28.1. The first-order chi connectivity index (χ1) is 19.9. The lowest BCUT2D eigenvalue weighted by Gasteiger charge is -2.13. The van der Waals surface area contributed by atoms with E-state index < -0.39 is 0 Å². The van der Waals surface area contributed by atoms with E-state index in [0.717, 1.165) is 22.3 Å². The maximum atomic E-state index is 4.48. The van der Waals surface area contributed by atoms with Crippen LogP contribution in [0.15, 0.2) is 110 Å². The Morgan fingerprint density at radius 3 is 1.49 bits per heavy atom. The SMILES string of the molecule is Cc1cc(C)cc(-c2ccc3c(c2)c2cc(-c4cc(C)cc(C)c4)ccc2n3-c2ccccc2-c2ncncn2)c1. The minimum Gasteiger partial charge on any atom is -0.309 e. The molecule has 0 saturated carbocycles. The van der Waals surface area contributed by atoms with Gasteiger partial charge in [0, 0.05) is 16.3 Å². The summed E-state index contributed by atoms with van der Waals surface area (Å²) in [5, 5.41) is 2.43. The van der Waals surface area contributed by atoms with Gasteiger partial charge in [-0.2, -0.15) is 0 Å². The molecule has 0 saturated heterocycles. The average Bonchev–Trinajstić information content (AvgIpc) is 3.29. The summed E-state index contributed by atoms with van der Waals surface area (Å²) in [6.07, 6.45) is 3.11. The predicted molar refractivity (Wildman–Crippen MR) is 169 cm³/mol. The molecule has 0 aliphatic rings. The molecule has 0 amide bonds. The third-order valence-corrected chi connectivity index (χ3v) is 7.75. The fourth-order valence-electron chi connectivity index (χ4n) is 6.16. The molecule has 7 rings (SSSR count). The Bertz CT molecular complexity index is 1940. The Morgan fingerprint density at radius 2 is 0.976 bits per heavy atom. The lowest BCUT2D eigenvalue weighted by molar-refractivity contribution is 1.05. The van der Waals surface area contributed by atoms with Crippen LogP contribution in [0.4, 0.5) is 0 Å². The van der Waals surface area contributed by atoms with Crippen molar-refractivity contribution >= 4 is 21.8 Å². The van der Waals surface area contributed by atoms with E-state index in [-0.39, 0.29) is 0 Å². The monoisotopic (exact) mass is 530 g/mol. The largest absolute Gasteiger partial charge is 0.309 e. The maximum Gasteiger partial charge on any atom is 0.164 e. The molecule has 0 aliphatic heterocycles. The number of para-hydroxylation sites is 1. The third-order valence-electron chi connectivity index (χ3n) is 7.75. The van der Waals surface area contributed by atoms with Gasteiger partial charge in [-0.25, -0.2) is 15.0 Å². The summed E-state index contributed by atoms with van der Waals surface area (Å²) in [6, 6.07) is 35.5. The van der Waals surface area contributed by atoms with Gasteiger partial charge in [0.2, 0.25) is 0 Å². The Balaban J connectivity index is 1.54. The summed E-state index contributed by atoms with van der Waals surface area (Å²) in [5.41, 5.74) is 14.3. The molecule has 0 radical (unpaired) electrons.